The van der Waals surface area contributed by atoms with E-state index in [1.54, 1.807) is 13.8 Å². The third-order valence-electron chi connectivity index (χ3n) is 2.74. The van der Waals surface area contributed by atoms with Gasteiger partial charge in [0.25, 0.3) is 0 Å². The molecule has 90 valence electrons. The summed E-state index contributed by atoms with van der Waals surface area (Å²) in [6.07, 6.45) is 0.0418. The summed E-state index contributed by atoms with van der Waals surface area (Å²) >= 11 is 0. The van der Waals surface area contributed by atoms with Gasteiger partial charge in [-0.05, 0) is 0 Å². The predicted octanol–water partition coefficient (Wildman–Crippen LogP) is -0.0841. The van der Waals surface area contributed by atoms with Gasteiger partial charge in [0.1, 0.15) is 0 Å². The SMILES string of the molecule is CC1(C)CC(=O)C(C)(C)N1P(O)(O)(O)O. The Labute approximate surface area is 88.5 Å². The molecule has 0 aromatic carbocycles. The van der Waals surface area contributed by atoms with Crippen LogP contribution in [0.15, 0.2) is 0 Å². The molecule has 0 aromatic rings. The van der Waals surface area contributed by atoms with E-state index >= 15 is 0 Å². The summed E-state index contributed by atoms with van der Waals surface area (Å²) in [4.78, 5) is 49.0. The van der Waals surface area contributed by atoms with Gasteiger partial charge in [-0.25, -0.2) is 0 Å². The van der Waals surface area contributed by atoms with Gasteiger partial charge < -0.3 is 0 Å². The Bertz CT molecular complexity index is 307. The van der Waals surface area contributed by atoms with Crippen molar-refractivity contribution >= 4 is 13.4 Å². The van der Waals surface area contributed by atoms with Crippen LogP contribution in [0.1, 0.15) is 34.1 Å². The molecule has 1 aliphatic rings. The summed E-state index contributed by atoms with van der Waals surface area (Å²) < 4.78 is 0.716. The third kappa shape index (κ3) is 2.06. The van der Waals surface area contributed by atoms with Crippen LogP contribution in [-0.4, -0.2) is 41.1 Å². The second kappa shape index (κ2) is 2.77. The molecule has 0 aliphatic carbocycles. The zero-order valence-electron chi connectivity index (χ0n) is 9.30. The Hall–Kier alpha value is -0.100. The molecule has 0 bridgehead atoms. The number of hydrogen-bond acceptors (Lipinski definition) is 6. The van der Waals surface area contributed by atoms with Crippen molar-refractivity contribution in [2.45, 2.75) is 45.2 Å². The molecule has 1 fully saturated rings. The Morgan fingerprint density at radius 3 is 1.67 bits per heavy atom. The van der Waals surface area contributed by atoms with Crippen LogP contribution < -0.4 is 0 Å². The van der Waals surface area contributed by atoms with E-state index in [1.165, 1.54) is 13.8 Å². The second-order valence-electron chi connectivity index (χ2n) is 5.18. The first-order valence-corrected chi connectivity index (χ1v) is 6.61. The Morgan fingerprint density at radius 2 is 1.53 bits per heavy atom. The molecule has 0 aromatic heterocycles. The number of rotatable bonds is 1. The van der Waals surface area contributed by atoms with Crippen molar-refractivity contribution in [3.05, 3.63) is 0 Å². The topological polar surface area (TPSA) is 101 Å². The van der Waals surface area contributed by atoms with E-state index in [-0.39, 0.29) is 12.2 Å². The van der Waals surface area contributed by atoms with Gasteiger partial charge in [-0.1, -0.05) is 0 Å². The van der Waals surface area contributed by atoms with Crippen molar-refractivity contribution in [2.75, 3.05) is 0 Å². The summed E-state index contributed by atoms with van der Waals surface area (Å²) in [6.45, 7) is 5.98. The zero-order chi connectivity index (χ0) is 12.3. The summed E-state index contributed by atoms with van der Waals surface area (Å²) in [5, 5.41) is 0. The average molecular weight is 239 g/mol. The molecule has 1 heterocycles. The minimum absolute atomic E-state index is 0.0418. The first-order chi connectivity index (χ1) is 6.25. The van der Waals surface area contributed by atoms with E-state index in [1.807, 2.05) is 0 Å². The van der Waals surface area contributed by atoms with Gasteiger partial charge in [0.2, 0.25) is 0 Å². The molecule has 1 saturated heterocycles. The van der Waals surface area contributed by atoms with Crippen LogP contribution in [0.25, 0.3) is 0 Å². The monoisotopic (exact) mass is 239 g/mol. The average Bonchev–Trinajstić information content (AvgIpc) is 1.90. The van der Waals surface area contributed by atoms with Crippen molar-refractivity contribution in [1.29, 1.82) is 0 Å². The summed E-state index contributed by atoms with van der Waals surface area (Å²) in [5.74, 6) is -0.257. The number of ketones is 1. The number of carbonyl (C=O) groups excluding carboxylic acids is 1. The fraction of sp³-hybridized carbons (Fsp3) is 0.875. The Balaban J connectivity index is 3.33. The normalized spacial score (nSPS) is 28.8. The molecule has 1 rings (SSSR count). The molecule has 7 heteroatoms. The third-order valence-corrected chi connectivity index (χ3v) is 4.49. The van der Waals surface area contributed by atoms with Crippen LogP contribution >= 0.6 is 7.66 Å². The van der Waals surface area contributed by atoms with Gasteiger partial charge in [-0.15, -0.1) is 0 Å². The first kappa shape index (κ1) is 13.0. The van der Waals surface area contributed by atoms with Crippen molar-refractivity contribution in [3.8, 4) is 0 Å². The van der Waals surface area contributed by atoms with Crippen LogP contribution in [0.3, 0.4) is 0 Å². The maximum atomic E-state index is 11.6. The van der Waals surface area contributed by atoms with Gasteiger partial charge in [0.15, 0.2) is 0 Å². The van der Waals surface area contributed by atoms with Crippen LogP contribution in [0.2, 0.25) is 0 Å². The first-order valence-electron chi connectivity index (χ1n) is 4.61. The molecule has 0 spiro atoms. The van der Waals surface area contributed by atoms with E-state index in [0.29, 0.717) is 4.67 Å². The molecule has 0 atom stereocenters. The summed E-state index contributed by atoms with van der Waals surface area (Å²) in [6, 6.07) is 0. The molecule has 0 saturated carbocycles. The van der Waals surface area contributed by atoms with Crippen molar-refractivity contribution in [1.82, 2.24) is 4.67 Å². The second-order valence-corrected chi connectivity index (χ2v) is 7.37. The Kier molecular flexibility index (Phi) is 2.39. The van der Waals surface area contributed by atoms with Crippen LogP contribution in [0.4, 0.5) is 0 Å². The molecule has 15 heavy (non-hydrogen) atoms. The molecule has 4 N–H and O–H groups in total. The van der Waals surface area contributed by atoms with Gasteiger partial charge in [0.05, 0.1) is 0 Å². The van der Waals surface area contributed by atoms with Crippen LogP contribution in [-0.2, 0) is 4.79 Å². The van der Waals surface area contributed by atoms with Crippen molar-refractivity contribution in [3.63, 3.8) is 0 Å². The summed E-state index contributed by atoms with van der Waals surface area (Å²) in [7, 11) is -5.90. The molecule has 0 amide bonds. The van der Waals surface area contributed by atoms with E-state index in [0.717, 1.165) is 0 Å². The fourth-order valence-electron chi connectivity index (χ4n) is 2.49. The molecule has 6 nitrogen and oxygen atoms in total. The van der Waals surface area contributed by atoms with Crippen LogP contribution in [0.5, 0.6) is 0 Å². The molecular formula is C8H18NO5P. The van der Waals surface area contributed by atoms with Crippen molar-refractivity contribution < 1.29 is 24.4 Å². The number of nitrogens with zero attached hydrogens (tertiary/aromatic N) is 1. The maximum absolute atomic E-state index is 11.6. The fourth-order valence-corrected chi connectivity index (χ4v) is 4.54. The molecule has 0 unspecified atom stereocenters. The van der Waals surface area contributed by atoms with Gasteiger partial charge in [-0.3, -0.25) is 0 Å². The van der Waals surface area contributed by atoms with Gasteiger partial charge >= 0.3 is 87.7 Å². The number of hydrogen-bond donors (Lipinski definition) is 4. The van der Waals surface area contributed by atoms with Gasteiger partial charge in [-0.2, -0.15) is 0 Å². The standard InChI is InChI=1S/C8H18NO5P/c1-7(2)5-6(10)8(3,4)9(7)15(11,12,13)14/h11-14H,5H2,1-4H3. The van der Waals surface area contributed by atoms with E-state index < -0.39 is 18.7 Å². The molecule has 1 aliphatic heterocycles. The Morgan fingerprint density at radius 1 is 1.13 bits per heavy atom. The van der Waals surface area contributed by atoms with E-state index in [4.69, 9.17) is 0 Å². The quantitative estimate of drug-likeness (QED) is 0.477. The minimum atomic E-state index is -5.90. The summed E-state index contributed by atoms with van der Waals surface area (Å²) in [5.41, 5.74) is -2.29. The predicted molar refractivity (Wildman–Crippen MR) is 55.4 cm³/mol. The van der Waals surface area contributed by atoms with E-state index in [2.05, 4.69) is 0 Å². The zero-order valence-corrected chi connectivity index (χ0v) is 10.2. The number of Topliss-reactive ketones (excluding diaryl/α,β-unsaturated/α-hetero) is 1. The van der Waals surface area contributed by atoms with Gasteiger partial charge in [0, 0.05) is 0 Å². The van der Waals surface area contributed by atoms with Crippen molar-refractivity contribution in [2.24, 2.45) is 0 Å². The van der Waals surface area contributed by atoms with Crippen LogP contribution in [0, 0.1) is 0 Å². The van der Waals surface area contributed by atoms with E-state index in [9.17, 15) is 24.4 Å². The number of carbonyl (C=O) groups is 1. The molecular weight excluding hydrogens is 221 g/mol. The molecule has 0 radical (unpaired) electrons.